The molecular formula is C13H13N3OS2. The number of fused-ring (bicyclic) bond motifs is 3. The largest absolute Gasteiger partial charge is 0.351 e. The second kappa shape index (κ2) is 5.14. The van der Waals surface area contributed by atoms with Gasteiger partial charge in [0, 0.05) is 18.1 Å². The topological polar surface area (TPSA) is 46.4 Å². The van der Waals surface area contributed by atoms with Crippen LogP contribution in [0, 0.1) is 0 Å². The van der Waals surface area contributed by atoms with Crippen LogP contribution >= 0.6 is 22.7 Å². The number of imidazole rings is 1. The number of thiophene rings is 1. The van der Waals surface area contributed by atoms with E-state index in [0.29, 0.717) is 6.54 Å². The summed E-state index contributed by atoms with van der Waals surface area (Å²) in [7, 11) is 0. The monoisotopic (exact) mass is 291 g/mol. The van der Waals surface area contributed by atoms with Crippen molar-refractivity contribution in [2.75, 3.05) is 6.54 Å². The van der Waals surface area contributed by atoms with Crippen LogP contribution in [0.5, 0.6) is 0 Å². The van der Waals surface area contributed by atoms with Gasteiger partial charge >= 0.3 is 0 Å². The zero-order valence-corrected chi connectivity index (χ0v) is 12.1. The van der Waals surface area contributed by atoms with Crippen molar-refractivity contribution in [1.29, 1.82) is 0 Å². The van der Waals surface area contributed by atoms with Gasteiger partial charge in [0.2, 0.25) is 0 Å². The summed E-state index contributed by atoms with van der Waals surface area (Å²) in [5, 5.41) is 4.91. The molecule has 0 fully saturated rings. The Morgan fingerprint density at radius 2 is 2.47 bits per heavy atom. The Morgan fingerprint density at radius 1 is 1.58 bits per heavy atom. The fourth-order valence-electron chi connectivity index (χ4n) is 1.88. The Labute approximate surface area is 118 Å². The SMILES string of the molecule is C/C=C/CCNC(=O)c1cc2c(nc3sccn32)s1. The molecule has 98 valence electrons. The maximum atomic E-state index is 12.0. The fraction of sp³-hybridized carbons (Fsp3) is 0.231. The molecule has 0 unspecified atom stereocenters. The molecule has 3 aromatic heterocycles. The predicted molar refractivity (Wildman–Crippen MR) is 80.2 cm³/mol. The second-order valence-corrected chi connectivity index (χ2v) is 5.99. The molecule has 0 bridgehead atoms. The minimum absolute atomic E-state index is 0.0171. The summed E-state index contributed by atoms with van der Waals surface area (Å²) in [6.45, 7) is 2.64. The van der Waals surface area contributed by atoms with Gasteiger partial charge in [-0.25, -0.2) is 4.98 Å². The average molecular weight is 291 g/mol. The highest BCUT2D eigenvalue weighted by atomic mass is 32.1. The Kier molecular flexibility index (Phi) is 3.35. The van der Waals surface area contributed by atoms with Crippen molar-refractivity contribution >= 4 is 43.9 Å². The van der Waals surface area contributed by atoms with Gasteiger partial charge in [-0.3, -0.25) is 9.20 Å². The quantitative estimate of drug-likeness (QED) is 0.592. The maximum Gasteiger partial charge on any atom is 0.261 e. The van der Waals surface area contributed by atoms with E-state index in [0.717, 1.165) is 26.6 Å². The molecule has 3 rings (SSSR count). The lowest BCUT2D eigenvalue weighted by atomic mass is 10.3. The minimum atomic E-state index is -0.0171. The summed E-state index contributed by atoms with van der Waals surface area (Å²) in [6.07, 6.45) is 6.87. The summed E-state index contributed by atoms with van der Waals surface area (Å²) in [4.78, 5) is 19.1. The molecule has 0 aliphatic rings. The van der Waals surface area contributed by atoms with E-state index in [1.165, 1.54) is 11.3 Å². The van der Waals surface area contributed by atoms with E-state index < -0.39 is 0 Å². The van der Waals surface area contributed by atoms with Gasteiger partial charge in [0.05, 0.1) is 10.4 Å². The van der Waals surface area contributed by atoms with Crippen LogP contribution in [0.25, 0.3) is 15.3 Å². The maximum absolute atomic E-state index is 12.0. The molecule has 0 atom stereocenters. The number of nitrogens with one attached hydrogen (secondary N) is 1. The summed E-state index contributed by atoms with van der Waals surface area (Å²) in [6, 6.07) is 1.91. The van der Waals surface area contributed by atoms with Crippen LogP contribution < -0.4 is 5.32 Å². The molecular weight excluding hydrogens is 278 g/mol. The third-order valence-electron chi connectivity index (χ3n) is 2.80. The van der Waals surface area contributed by atoms with Gasteiger partial charge in [-0.15, -0.1) is 22.7 Å². The molecule has 0 aliphatic heterocycles. The molecule has 4 nitrogen and oxygen atoms in total. The first-order valence-electron chi connectivity index (χ1n) is 6.04. The Balaban J connectivity index is 1.80. The third-order valence-corrected chi connectivity index (χ3v) is 4.57. The Bertz CT molecular complexity index is 750. The number of carbonyl (C=O) groups is 1. The number of hydrogen-bond donors (Lipinski definition) is 1. The highest BCUT2D eigenvalue weighted by molar-refractivity contribution is 7.21. The first-order valence-corrected chi connectivity index (χ1v) is 7.73. The summed E-state index contributed by atoms with van der Waals surface area (Å²) < 4.78 is 2.02. The normalized spacial score (nSPS) is 11.8. The number of thiazole rings is 1. The van der Waals surface area contributed by atoms with Gasteiger partial charge in [-0.1, -0.05) is 12.2 Å². The van der Waals surface area contributed by atoms with E-state index in [1.54, 1.807) is 11.3 Å². The lowest BCUT2D eigenvalue weighted by molar-refractivity contribution is 0.0958. The zero-order valence-electron chi connectivity index (χ0n) is 10.4. The van der Waals surface area contributed by atoms with Crippen LogP contribution in [0.15, 0.2) is 29.8 Å². The van der Waals surface area contributed by atoms with Crippen molar-refractivity contribution in [3.8, 4) is 0 Å². The van der Waals surface area contributed by atoms with E-state index in [9.17, 15) is 4.79 Å². The van der Waals surface area contributed by atoms with Gasteiger partial charge in [-0.2, -0.15) is 0 Å². The average Bonchev–Trinajstić information content (AvgIpc) is 3.05. The van der Waals surface area contributed by atoms with Crippen molar-refractivity contribution < 1.29 is 4.79 Å². The molecule has 3 aromatic rings. The minimum Gasteiger partial charge on any atom is -0.351 e. The van der Waals surface area contributed by atoms with Gasteiger partial charge in [0.15, 0.2) is 4.96 Å². The van der Waals surface area contributed by atoms with Crippen molar-refractivity contribution in [2.45, 2.75) is 13.3 Å². The molecule has 0 spiro atoms. The number of nitrogens with zero attached hydrogens (tertiary/aromatic N) is 2. The molecule has 0 aliphatic carbocycles. The van der Waals surface area contributed by atoms with Gasteiger partial charge in [-0.05, 0) is 19.4 Å². The summed E-state index contributed by atoms with van der Waals surface area (Å²) in [5.74, 6) is -0.0171. The molecule has 6 heteroatoms. The first-order chi connectivity index (χ1) is 9.29. The lowest BCUT2D eigenvalue weighted by Crippen LogP contribution is -2.23. The predicted octanol–water partition coefficient (Wildman–Crippen LogP) is 3.31. The first kappa shape index (κ1) is 12.4. The molecule has 3 heterocycles. The molecule has 0 aromatic carbocycles. The molecule has 1 amide bonds. The number of allylic oxidation sites excluding steroid dienone is 1. The lowest BCUT2D eigenvalue weighted by Gasteiger charge is -1.99. The second-order valence-electron chi connectivity index (χ2n) is 4.08. The number of hydrogen-bond acceptors (Lipinski definition) is 4. The van der Waals surface area contributed by atoms with Crippen LogP contribution in [0.1, 0.15) is 23.0 Å². The Morgan fingerprint density at radius 3 is 3.32 bits per heavy atom. The van der Waals surface area contributed by atoms with E-state index in [2.05, 4.69) is 10.3 Å². The van der Waals surface area contributed by atoms with Crippen LogP contribution in [0.4, 0.5) is 0 Å². The van der Waals surface area contributed by atoms with Gasteiger partial charge in [0.1, 0.15) is 4.83 Å². The number of rotatable bonds is 4. The van der Waals surface area contributed by atoms with Crippen molar-refractivity contribution in [3.05, 3.63) is 34.7 Å². The van der Waals surface area contributed by atoms with Crippen LogP contribution in [-0.2, 0) is 0 Å². The smallest absolute Gasteiger partial charge is 0.261 e. The van der Waals surface area contributed by atoms with Crippen LogP contribution in [0.3, 0.4) is 0 Å². The van der Waals surface area contributed by atoms with E-state index in [4.69, 9.17) is 0 Å². The molecule has 0 saturated carbocycles. The van der Waals surface area contributed by atoms with Gasteiger partial charge < -0.3 is 5.32 Å². The van der Waals surface area contributed by atoms with Gasteiger partial charge in [0.25, 0.3) is 5.91 Å². The summed E-state index contributed by atoms with van der Waals surface area (Å²) in [5.41, 5.74) is 1.01. The van der Waals surface area contributed by atoms with E-state index >= 15 is 0 Å². The number of amides is 1. The fourth-order valence-corrected chi connectivity index (χ4v) is 3.60. The standard InChI is InChI=1S/C13H13N3OS2/c1-2-3-4-5-14-11(17)10-8-9-12(19-10)15-13-16(9)6-7-18-13/h2-3,6-8H,4-5H2,1H3,(H,14,17)/b3-2+. The highest BCUT2D eigenvalue weighted by Gasteiger charge is 2.14. The summed E-state index contributed by atoms with van der Waals surface area (Å²) >= 11 is 3.05. The molecule has 1 N–H and O–H groups in total. The number of carbonyl (C=O) groups excluding carboxylic acids is 1. The highest BCUT2D eigenvalue weighted by Crippen LogP contribution is 2.28. The molecule has 0 saturated heterocycles. The number of aromatic nitrogens is 2. The zero-order chi connectivity index (χ0) is 13.2. The van der Waals surface area contributed by atoms with Crippen molar-refractivity contribution in [1.82, 2.24) is 14.7 Å². The molecule has 19 heavy (non-hydrogen) atoms. The van der Waals surface area contributed by atoms with Crippen molar-refractivity contribution in [3.63, 3.8) is 0 Å². The van der Waals surface area contributed by atoms with E-state index in [1.807, 2.05) is 41.1 Å². The molecule has 0 radical (unpaired) electrons. The van der Waals surface area contributed by atoms with Crippen LogP contribution in [0.2, 0.25) is 0 Å². The van der Waals surface area contributed by atoms with E-state index in [-0.39, 0.29) is 5.91 Å². The third kappa shape index (κ3) is 2.29. The Hall–Kier alpha value is -1.66. The van der Waals surface area contributed by atoms with Crippen molar-refractivity contribution in [2.24, 2.45) is 0 Å². The van der Waals surface area contributed by atoms with Crippen LogP contribution in [-0.4, -0.2) is 21.8 Å².